The maximum atomic E-state index is 13.1. The summed E-state index contributed by atoms with van der Waals surface area (Å²) in [7, 11) is 0. The topological polar surface area (TPSA) is 63.4 Å². The number of carbonyl (C=O) groups is 2. The van der Waals surface area contributed by atoms with Gasteiger partial charge in [0.05, 0.1) is 11.4 Å². The molecule has 1 aromatic carbocycles. The number of amides is 2. The Labute approximate surface area is 105 Å². The van der Waals surface area contributed by atoms with Gasteiger partial charge in [0.25, 0.3) is 0 Å². The Hall–Kier alpha value is -1.91. The molecule has 2 amide bonds. The molecule has 0 unspecified atom stereocenters. The highest BCUT2D eigenvalue weighted by Gasteiger charge is 2.38. The molecule has 2 rings (SSSR count). The standard InChI is InChI=1S/C13H15FN2O2/c1-13(2)6-11(17)16(12(18)7-13)8-3-4-9(14)10(15)5-8/h3-5H,6-7,15H2,1-2H3. The van der Waals surface area contributed by atoms with Gasteiger partial charge in [-0.3, -0.25) is 14.5 Å². The number of halogens is 1. The quantitative estimate of drug-likeness (QED) is 0.613. The van der Waals surface area contributed by atoms with Crippen molar-refractivity contribution in [1.29, 1.82) is 0 Å². The number of benzene rings is 1. The van der Waals surface area contributed by atoms with E-state index in [9.17, 15) is 14.0 Å². The Morgan fingerprint density at radius 1 is 1.22 bits per heavy atom. The lowest BCUT2D eigenvalue weighted by Gasteiger charge is -2.34. The zero-order valence-electron chi connectivity index (χ0n) is 10.4. The molecule has 5 heteroatoms. The second-order valence-corrected chi connectivity index (χ2v) is 5.35. The molecule has 1 aliphatic rings. The molecule has 18 heavy (non-hydrogen) atoms. The van der Waals surface area contributed by atoms with E-state index >= 15 is 0 Å². The van der Waals surface area contributed by atoms with Gasteiger partial charge in [-0.2, -0.15) is 0 Å². The molecule has 96 valence electrons. The van der Waals surface area contributed by atoms with Crippen molar-refractivity contribution in [2.75, 3.05) is 10.6 Å². The van der Waals surface area contributed by atoms with Crippen molar-refractivity contribution in [3.8, 4) is 0 Å². The van der Waals surface area contributed by atoms with Crippen molar-refractivity contribution in [3.63, 3.8) is 0 Å². The van der Waals surface area contributed by atoms with Crippen LogP contribution in [0.3, 0.4) is 0 Å². The first-order valence-electron chi connectivity index (χ1n) is 5.71. The molecule has 0 saturated carbocycles. The van der Waals surface area contributed by atoms with Crippen LogP contribution >= 0.6 is 0 Å². The van der Waals surface area contributed by atoms with Crippen molar-refractivity contribution in [2.24, 2.45) is 5.41 Å². The number of anilines is 2. The number of nitrogens with two attached hydrogens (primary N) is 1. The average Bonchev–Trinajstić information content (AvgIpc) is 2.20. The third-order valence-corrected chi connectivity index (χ3v) is 3.00. The summed E-state index contributed by atoms with van der Waals surface area (Å²) in [6.07, 6.45) is 0.575. The Morgan fingerprint density at radius 3 is 2.28 bits per heavy atom. The van der Waals surface area contributed by atoms with Crippen LogP contribution in [0.15, 0.2) is 18.2 Å². The predicted molar refractivity (Wildman–Crippen MR) is 66.3 cm³/mol. The summed E-state index contributed by atoms with van der Waals surface area (Å²) in [5.41, 5.74) is 5.39. The number of rotatable bonds is 1. The first-order chi connectivity index (χ1) is 8.30. The summed E-state index contributed by atoms with van der Waals surface area (Å²) < 4.78 is 13.1. The highest BCUT2D eigenvalue weighted by atomic mass is 19.1. The van der Waals surface area contributed by atoms with Crippen molar-refractivity contribution >= 4 is 23.2 Å². The van der Waals surface area contributed by atoms with Crippen LogP contribution in [0.2, 0.25) is 0 Å². The molecule has 0 atom stereocenters. The molecule has 2 N–H and O–H groups in total. The molecule has 0 aromatic heterocycles. The molecule has 4 nitrogen and oxygen atoms in total. The second kappa shape index (κ2) is 4.08. The fraction of sp³-hybridized carbons (Fsp3) is 0.385. The van der Waals surface area contributed by atoms with Gasteiger partial charge in [-0.1, -0.05) is 13.8 Å². The van der Waals surface area contributed by atoms with E-state index in [1.165, 1.54) is 12.1 Å². The Kier molecular flexibility index (Phi) is 2.84. The highest BCUT2D eigenvalue weighted by molar-refractivity contribution is 6.17. The maximum Gasteiger partial charge on any atom is 0.234 e. The molecule has 1 fully saturated rings. The molecule has 0 aliphatic carbocycles. The summed E-state index contributed by atoms with van der Waals surface area (Å²) in [4.78, 5) is 25.1. The van der Waals surface area contributed by atoms with E-state index in [1.54, 1.807) is 0 Å². The lowest BCUT2D eigenvalue weighted by molar-refractivity contribution is -0.132. The monoisotopic (exact) mass is 250 g/mol. The van der Waals surface area contributed by atoms with Crippen molar-refractivity contribution in [1.82, 2.24) is 0 Å². The summed E-state index contributed by atoms with van der Waals surface area (Å²) in [6.45, 7) is 3.75. The molecule has 1 saturated heterocycles. The largest absolute Gasteiger partial charge is 0.396 e. The van der Waals surface area contributed by atoms with E-state index in [0.29, 0.717) is 5.69 Å². The zero-order valence-corrected chi connectivity index (χ0v) is 10.4. The number of carbonyl (C=O) groups excluding carboxylic acids is 2. The molecular weight excluding hydrogens is 235 g/mol. The zero-order chi connectivity index (χ0) is 13.5. The molecule has 0 bridgehead atoms. The summed E-state index contributed by atoms with van der Waals surface area (Å²) in [5.74, 6) is -1.11. The lowest BCUT2D eigenvalue weighted by atomic mass is 9.81. The van der Waals surface area contributed by atoms with Gasteiger partial charge >= 0.3 is 0 Å². The number of hydrogen-bond acceptors (Lipinski definition) is 3. The molecule has 0 spiro atoms. The van der Waals surface area contributed by atoms with E-state index in [2.05, 4.69) is 0 Å². The van der Waals surface area contributed by atoms with Crippen LogP contribution in [0.25, 0.3) is 0 Å². The summed E-state index contributed by atoms with van der Waals surface area (Å²) in [5, 5.41) is 0. The SMILES string of the molecule is CC1(C)CC(=O)N(c2ccc(F)c(N)c2)C(=O)C1. The van der Waals surface area contributed by atoms with Crippen LogP contribution in [0, 0.1) is 11.2 Å². The summed E-state index contributed by atoms with van der Waals surface area (Å²) in [6, 6.07) is 3.86. The van der Waals surface area contributed by atoms with Gasteiger partial charge in [0.1, 0.15) is 5.82 Å². The molecule has 1 aliphatic heterocycles. The van der Waals surface area contributed by atoms with Gasteiger partial charge in [-0.15, -0.1) is 0 Å². The Morgan fingerprint density at radius 2 is 1.78 bits per heavy atom. The average molecular weight is 250 g/mol. The van der Waals surface area contributed by atoms with Gasteiger partial charge < -0.3 is 5.73 Å². The van der Waals surface area contributed by atoms with Gasteiger partial charge in [0.15, 0.2) is 0 Å². The Balaban J connectivity index is 2.36. The highest BCUT2D eigenvalue weighted by Crippen LogP contribution is 2.34. The number of piperidine rings is 1. The van der Waals surface area contributed by atoms with Crippen LogP contribution in [-0.2, 0) is 9.59 Å². The molecule has 1 aromatic rings. The number of nitrogens with zero attached hydrogens (tertiary/aromatic N) is 1. The van der Waals surface area contributed by atoms with E-state index < -0.39 is 5.82 Å². The fourth-order valence-electron chi connectivity index (χ4n) is 2.14. The van der Waals surface area contributed by atoms with Gasteiger partial charge in [0, 0.05) is 12.8 Å². The second-order valence-electron chi connectivity index (χ2n) is 5.35. The van der Waals surface area contributed by atoms with Gasteiger partial charge in [-0.25, -0.2) is 4.39 Å². The molecule has 1 heterocycles. The van der Waals surface area contributed by atoms with Crippen molar-refractivity contribution < 1.29 is 14.0 Å². The Bertz CT molecular complexity index is 506. The first-order valence-corrected chi connectivity index (χ1v) is 5.71. The fourth-order valence-corrected chi connectivity index (χ4v) is 2.14. The van der Waals surface area contributed by atoms with E-state index in [1.807, 2.05) is 13.8 Å². The normalized spacial score (nSPS) is 19.2. The van der Waals surface area contributed by atoms with E-state index in [-0.39, 0.29) is 35.8 Å². The van der Waals surface area contributed by atoms with Crippen LogP contribution in [-0.4, -0.2) is 11.8 Å². The number of nitrogen functional groups attached to an aromatic ring is 1. The third-order valence-electron chi connectivity index (χ3n) is 3.00. The third kappa shape index (κ3) is 2.20. The van der Waals surface area contributed by atoms with Crippen molar-refractivity contribution in [2.45, 2.75) is 26.7 Å². The van der Waals surface area contributed by atoms with Crippen LogP contribution in [0.4, 0.5) is 15.8 Å². The van der Waals surface area contributed by atoms with E-state index in [0.717, 1.165) is 11.0 Å². The van der Waals surface area contributed by atoms with Crippen molar-refractivity contribution in [3.05, 3.63) is 24.0 Å². The van der Waals surface area contributed by atoms with E-state index in [4.69, 9.17) is 5.73 Å². The van der Waals surface area contributed by atoms with Crippen LogP contribution in [0.5, 0.6) is 0 Å². The lowest BCUT2D eigenvalue weighted by Crippen LogP contribution is -2.46. The minimum absolute atomic E-state index is 0.0714. The van der Waals surface area contributed by atoms with Crippen LogP contribution < -0.4 is 10.6 Å². The molecular formula is C13H15FN2O2. The van der Waals surface area contributed by atoms with Crippen LogP contribution in [0.1, 0.15) is 26.7 Å². The maximum absolute atomic E-state index is 13.1. The number of imide groups is 1. The summed E-state index contributed by atoms with van der Waals surface area (Å²) >= 11 is 0. The molecule has 0 radical (unpaired) electrons. The smallest absolute Gasteiger partial charge is 0.234 e. The first kappa shape index (κ1) is 12.5. The van der Waals surface area contributed by atoms with Gasteiger partial charge in [0.2, 0.25) is 11.8 Å². The number of hydrogen-bond donors (Lipinski definition) is 1. The minimum Gasteiger partial charge on any atom is -0.396 e. The minimum atomic E-state index is -0.559. The predicted octanol–water partition coefficient (Wildman–Crippen LogP) is 2.09. The van der Waals surface area contributed by atoms with Gasteiger partial charge in [-0.05, 0) is 23.6 Å².